The molecular formula is C15H17O8-. The highest BCUT2D eigenvalue weighted by Gasteiger charge is 2.44. The Kier molecular flexibility index (Phi) is 5.69. The molecule has 1 saturated heterocycles. The van der Waals surface area contributed by atoms with E-state index in [0.29, 0.717) is 5.56 Å². The summed E-state index contributed by atoms with van der Waals surface area (Å²) in [6.07, 6.45) is -4.97. The Bertz CT molecular complexity index is 570. The number of benzene rings is 1. The normalized spacial score (nSPS) is 31.2. The summed E-state index contributed by atoms with van der Waals surface area (Å²) in [4.78, 5) is 10.5. The number of aliphatic hydroxyl groups is 4. The number of carboxylic acid groups (broad SMARTS) is 1. The van der Waals surface area contributed by atoms with Crippen LogP contribution < -0.4 is 9.84 Å². The Labute approximate surface area is 131 Å². The average Bonchev–Trinajstić information content (AvgIpc) is 2.54. The first-order valence-electron chi connectivity index (χ1n) is 6.89. The van der Waals surface area contributed by atoms with E-state index in [0.717, 1.165) is 6.08 Å². The zero-order valence-electron chi connectivity index (χ0n) is 12.0. The van der Waals surface area contributed by atoms with Crippen molar-refractivity contribution in [3.63, 3.8) is 0 Å². The van der Waals surface area contributed by atoms with Crippen molar-refractivity contribution in [3.8, 4) is 5.75 Å². The third-order valence-electron chi connectivity index (χ3n) is 3.41. The molecule has 1 aromatic rings. The molecule has 8 nitrogen and oxygen atoms in total. The summed E-state index contributed by atoms with van der Waals surface area (Å²) in [5.74, 6) is -1.19. The van der Waals surface area contributed by atoms with Gasteiger partial charge in [-0.3, -0.25) is 0 Å². The van der Waals surface area contributed by atoms with E-state index in [9.17, 15) is 25.2 Å². The lowest BCUT2D eigenvalue weighted by atomic mass is 9.99. The minimum absolute atomic E-state index is 0.189. The van der Waals surface area contributed by atoms with E-state index >= 15 is 0 Å². The molecule has 0 saturated carbocycles. The number of rotatable bonds is 5. The molecule has 1 aliphatic heterocycles. The fraction of sp³-hybridized carbons (Fsp3) is 0.400. The van der Waals surface area contributed by atoms with Gasteiger partial charge in [0.2, 0.25) is 6.29 Å². The van der Waals surface area contributed by atoms with E-state index in [1.54, 1.807) is 18.2 Å². The van der Waals surface area contributed by atoms with E-state index < -0.39 is 43.3 Å². The Morgan fingerprint density at radius 2 is 1.91 bits per heavy atom. The molecule has 1 heterocycles. The van der Waals surface area contributed by atoms with Gasteiger partial charge in [-0.15, -0.1) is 0 Å². The molecule has 0 amide bonds. The summed E-state index contributed by atoms with van der Waals surface area (Å²) in [6, 6.07) is 6.35. The van der Waals surface area contributed by atoms with Gasteiger partial charge in [0.1, 0.15) is 30.2 Å². The van der Waals surface area contributed by atoms with Gasteiger partial charge in [-0.25, -0.2) is 0 Å². The number of hydrogen-bond donors (Lipinski definition) is 4. The van der Waals surface area contributed by atoms with Crippen LogP contribution in [0.5, 0.6) is 5.75 Å². The molecule has 1 aromatic carbocycles. The number of carbonyl (C=O) groups is 1. The second kappa shape index (κ2) is 7.53. The van der Waals surface area contributed by atoms with Gasteiger partial charge in [0.25, 0.3) is 0 Å². The lowest BCUT2D eigenvalue weighted by Crippen LogP contribution is -2.60. The van der Waals surface area contributed by atoms with Gasteiger partial charge in [0.05, 0.1) is 12.6 Å². The van der Waals surface area contributed by atoms with Crippen molar-refractivity contribution in [2.75, 3.05) is 6.61 Å². The van der Waals surface area contributed by atoms with Gasteiger partial charge in [0, 0.05) is 5.56 Å². The van der Waals surface area contributed by atoms with Crippen LogP contribution in [-0.2, 0) is 9.53 Å². The van der Waals surface area contributed by atoms with Gasteiger partial charge >= 0.3 is 0 Å². The van der Waals surface area contributed by atoms with Crippen LogP contribution in [0.3, 0.4) is 0 Å². The molecule has 0 bridgehead atoms. The molecule has 4 N–H and O–H groups in total. The van der Waals surface area contributed by atoms with Crippen molar-refractivity contribution in [2.24, 2.45) is 0 Å². The molecule has 126 valence electrons. The molecule has 8 heteroatoms. The van der Waals surface area contributed by atoms with Crippen LogP contribution in [0.2, 0.25) is 0 Å². The number of para-hydroxylation sites is 1. The van der Waals surface area contributed by atoms with Crippen molar-refractivity contribution in [1.82, 2.24) is 0 Å². The first-order chi connectivity index (χ1) is 10.9. The monoisotopic (exact) mass is 325 g/mol. The Morgan fingerprint density at radius 1 is 1.22 bits per heavy atom. The van der Waals surface area contributed by atoms with Gasteiger partial charge in [0.15, 0.2) is 0 Å². The quantitative estimate of drug-likeness (QED) is 0.440. The molecule has 0 unspecified atom stereocenters. The molecule has 0 spiro atoms. The number of aliphatic hydroxyl groups excluding tert-OH is 4. The largest absolute Gasteiger partial charge is 0.545 e. The summed E-state index contributed by atoms with van der Waals surface area (Å²) in [5, 5.41) is 49.0. The molecule has 2 rings (SSSR count). The standard InChI is InChI=1S/C15H18O8/c16-7-10-12(19)13(20)14(21)15(23-10)22-9-4-2-1-3-8(9)5-6-11(17)18/h1-6,10,12-16,19-21H,7H2,(H,17,18)/p-1/b6-5-/t10-,12-,13+,14-,15-/m1/s1. The zero-order valence-corrected chi connectivity index (χ0v) is 12.0. The molecule has 1 aliphatic rings. The maximum Gasteiger partial charge on any atom is 0.229 e. The maximum absolute atomic E-state index is 10.5. The SMILES string of the molecule is O=C([O-])/C=C\c1ccccc1O[C@@H]1O[C@H](CO)[C@@H](O)[C@H](O)[C@H]1O. The molecule has 0 aliphatic carbocycles. The lowest BCUT2D eigenvalue weighted by Gasteiger charge is -2.39. The van der Waals surface area contributed by atoms with Crippen molar-refractivity contribution in [3.05, 3.63) is 35.9 Å². The third-order valence-corrected chi connectivity index (χ3v) is 3.41. The zero-order chi connectivity index (χ0) is 17.0. The lowest BCUT2D eigenvalue weighted by molar-refractivity contribution is -0.297. The number of aliphatic carboxylic acids is 1. The highest BCUT2D eigenvalue weighted by Crippen LogP contribution is 2.27. The summed E-state index contributed by atoms with van der Waals surface area (Å²) in [7, 11) is 0. The van der Waals surface area contributed by atoms with E-state index in [1.165, 1.54) is 12.1 Å². The highest BCUT2D eigenvalue weighted by atomic mass is 16.7. The predicted octanol–water partition coefficient (Wildman–Crippen LogP) is -2.37. The van der Waals surface area contributed by atoms with Crippen molar-refractivity contribution in [1.29, 1.82) is 0 Å². The van der Waals surface area contributed by atoms with Gasteiger partial charge in [-0.1, -0.05) is 18.2 Å². The smallest absolute Gasteiger partial charge is 0.229 e. The first-order valence-corrected chi connectivity index (χ1v) is 6.89. The number of carbonyl (C=O) groups excluding carboxylic acids is 1. The summed E-state index contributed by atoms with van der Waals surface area (Å²) < 4.78 is 10.7. The number of carboxylic acids is 1. The van der Waals surface area contributed by atoms with E-state index in [-0.39, 0.29) is 5.75 Å². The number of ether oxygens (including phenoxy) is 2. The number of hydrogen-bond acceptors (Lipinski definition) is 8. The predicted molar refractivity (Wildman–Crippen MR) is 74.9 cm³/mol. The topological polar surface area (TPSA) is 140 Å². The molecule has 1 fully saturated rings. The van der Waals surface area contributed by atoms with Crippen LogP contribution in [0.15, 0.2) is 30.3 Å². The fourth-order valence-corrected chi connectivity index (χ4v) is 2.17. The van der Waals surface area contributed by atoms with E-state index in [2.05, 4.69) is 0 Å². The first kappa shape index (κ1) is 17.4. The van der Waals surface area contributed by atoms with E-state index in [4.69, 9.17) is 14.6 Å². The molecule has 23 heavy (non-hydrogen) atoms. The van der Waals surface area contributed by atoms with Crippen molar-refractivity contribution < 1.29 is 39.8 Å². The van der Waals surface area contributed by atoms with Crippen LogP contribution in [0, 0.1) is 0 Å². The van der Waals surface area contributed by atoms with Crippen LogP contribution in [-0.4, -0.2) is 63.7 Å². The molecule has 0 radical (unpaired) electrons. The summed E-state index contributed by atoms with van der Waals surface area (Å²) in [6.45, 7) is -0.572. The Morgan fingerprint density at radius 3 is 2.57 bits per heavy atom. The van der Waals surface area contributed by atoms with Gasteiger partial charge in [-0.05, 0) is 18.2 Å². The van der Waals surface area contributed by atoms with Gasteiger partial charge in [-0.2, -0.15) is 0 Å². The van der Waals surface area contributed by atoms with Crippen LogP contribution in [0.4, 0.5) is 0 Å². The summed E-state index contributed by atoms with van der Waals surface area (Å²) in [5.41, 5.74) is 0.383. The van der Waals surface area contributed by atoms with Crippen molar-refractivity contribution in [2.45, 2.75) is 30.7 Å². The third kappa shape index (κ3) is 4.06. The van der Waals surface area contributed by atoms with Crippen LogP contribution in [0.25, 0.3) is 6.08 Å². The Hall–Kier alpha value is -1.97. The molecular weight excluding hydrogens is 308 g/mol. The highest BCUT2D eigenvalue weighted by molar-refractivity contribution is 5.84. The summed E-state index contributed by atoms with van der Waals surface area (Å²) >= 11 is 0. The molecule has 0 aromatic heterocycles. The molecule has 5 atom stereocenters. The average molecular weight is 325 g/mol. The van der Waals surface area contributed by atoms with Gasteiger partial charge < -0.3 is 39.8 Å². The van der Waals surface area contributed by atoms with E-state index in [1.807, 2.05) is 0 Å². The Balaban J connectivity index is 2.19. The van der Waals surface area contributed by atoms with Crippen LogP contribution in [0.1, 0.15) is 5.56 Å². The van der Waals surface area contributed by atoms with Crippen LogP contribution >= 0.6 is 0 Å². The minimum atomic E-state index is -1.56. The maximum atomic E-state index is 10.5. The second-order valence-electron chi connectivity index (χ2n) is 5.01. The van der Waals surface area contributed by atoms with Crippen molar-refractivity contribution >= 4 is 12.0 Å². The minimum Gasteiger partial charge on any atom is -0.545 e. The second-order valence-corrected chi connectivity index (χ2v) is 5.01. The fourth-order valence-electron chi connectivity index (χ4n) is 2.17.